The Bertz CT molecular complexity index is 309. The van der Waals surface area contributed by atoms with E-state index in [1.54, 1.807) is 0 Å². The van der Waals surface area contributed by atoms with Crippen LogP contribution >= 0.6 is 17.0 Å². The molecule has 23 heavy (non-hydrogen) atoms. The van der Waals surface area contributed by atoms with Crippen LogP contribution in [-0.2, 0) is 4.79 Å². The van der Waals surface area contributed by atoms with Gasteiger partial charge in [-0.15, -0.1) is 17.0 Å². The summed E-state index contributed by atoms with van der Waals surface area (Å²) in [5.41, 5.74) is 6.05. The van der Waals surface area contributed by atoms with Gasteiger partial charge in [0.15, 0.2) is 5.78 Å². The summed E-state index contributed by atoms with van der Waals surface area (Å²) in [6.45, 7) is 12.1. The van der Waals surface area contributed by atoms with E-state index in [0.717, 1.165) is 12.8 Å². The van der Waals surface area contributed by atoms with Gasteiger partial charge in [0.1, 0.15) is 0 Å². The van der Waals surface area contributed by atoms with Gasteiger partial charge >= 0.3 is 0 Å². The number of allylic oxidation sites excluding steroid dienone is 1. The van der Waals surface area contributed by atoms with Crippen molar-refractivity contribution in [2.45, 2.75) is 97.4 Å². The lowest BCUT2D eigenvalue weighted by atomic mass is 9.72. The summed E-state index contributed by atoms with van der Waals surface area (Å²) in [4.78, 5) is 12.1. The average molecular weight is 390 g/mol. The molecule has 0 amide bonds. The van der Waals surface area contributed by atoms with E-state index in [-0.39, 0.29) is 40.1 Å². The molecule has 2 unspecified atom stereocenters. The lowest BCUT2D eigenvalue weighted by molar-refractivity contribution is -0.120. The van der Waals surface area contributed by atoms with Gasteiger partial charge in [0.2, 0.25) is 0 Å². The van der Waals surface area contributed by atoms with Crippen LogP contribution in [0.1, 0.15) is 91.9 Å². The molecule has 2 nitrogen and oxygen atoms in total. The number of carbonyl (C=O) groups is 1. The molecule has 0 aromatic rings. The predicted molar refractivity (Wildman–Crippen MR) is 108 cm³/mol. The number of nitrogens with two attached hydrogens (primary N) is 1. The molecule has 0 aliphatic heterocycles. The van der Waals surface area contributed by atoms with Crippen molar-refractivity contribution >= 4 is 22.8 Å². The van der Waals surface area contributed by atoms with Gasteiger partial charge in [0.25, 0.3) is 0 Å². The van der Waals surface area contributed by atoms with Gasteiger partial charge in [0.05, 0.1) is 0 Å². The zero-order valence-electron chi connectivity index (χ0n) is 15.9. The van der Waals surface area contributed by atoms with Gasteiger partial charge in [-0.3, -0.25) is 4.79 Å². The van der Waals surface area contributed by atoms with Crippen LogP contribution in [0.15, 0.2) is 12.7 Å². The van der Waals surface area contributed by atoms with Crippen LogP contribution in [0.2, 0.25) is 0 Å². The van der Waals surface area contributed by atoms with E-state index in [1.807, 2.05) is 0 Å². The molecule has 3 heteroatoms. The second-order valence-corrected chi connectivity index (χ2v) is 7.31. The normalized spacial score (nSPS) is 14.0. The smallest absolute Gasteiger partial charge is 0.158 e. The molecule has 0 saturated carbocycles. The van der Waals surface area contributed by atoms with Crippen LogP contribution in [0.5, 0.6) is 0 Å². The van der Waals surface area contributed by atoms with Gasteiger partial charge in [-0.25, -0.2) is 0 Å². The summed E-state index contributed by atoms with van der Waals surface area (Å²) >= 11 is 0. The first-order chi connectivity index (χ1) is 10.4. The Labute approximate surface area is 155 Å². The lowest BCUT2D eigenvalue weighted by Gasteiger charge is -2.35. The molecule has 0 saturated heterocycles. The van der Waals surface area contributed by atoms with E-state index < -0.39 is 0 Å². The van der Waals surface area contributed by atoms with Gasteiger partial charge in [-0.1, -0.05) is 71.8 Å². The number of carbonyl (C=O) groups excluding carboxylic acids is 1. The topological polar surface area (TPSA) is 43.1 Å². The van der Waals surface area contributed by atoms with Crippen LogP contribution in [0.25, 0.3) is 0 Å². The van der Waals surface area contributed by atoms with Crippen molar-refractivity contribution in [3.63, 3.8) is 0 Å². The highest BCUT2D eigenvalue weighted by atomic mass is 79.9. The summed E-state index contributed by atoms with van der Waals surface area (Å²) in [7, 11) is 0. The second-order valence-electron chi connectivity index (χ2n) is 7.31. The van der Waals surface area contributed by atoms with Crippen molar-refractivity contribution in [1.29, 1.82) is 0 Å². The zero-order chi connectivity index (χ0) is 17.0. The monoisotopic (exact) mass is 389 g/mol. The SMILES string of the molecule is Br.C=CC(=O)C(CC)C(CCCCCCCCCC)C(C)(C)N. The number of ketones is 1. The van der Waals surface area contributed by atoms with Crippen LogP contribution in [0, 0.1) is 11.8 Å². The summed E-state index contributed by atoms with van der Waals surface area (Å²) < 4.78 is 0. The van der Waals surface area contributed by atoms with Crippen LogP contribution in [-0.4, -0.2) is 11.3 Å². The zero-order valence-corrected chi connectivity index (χ0v) is 17.6. The van der Waals surface area contributed by atoms with Gasteiger partial charge < -0.3 is 5.73 Å². The standard InChI is InChI=1S/C20H39NO.BrH/c1-6-9-10-11-12-13-14-15-16-18(20(4,5)21)17(7-2)19(22)8-3;/h8,17-18H,3,6-7,9-16,21H2,1-2,4-5H3;1H. The summed E-state index contributed by atoms with van der Waals surface area (Å²) in [5, 5.41) is 0. The average Bonchev–Trinajstić information content (AvgIpc) is 2.47. The number of rotatable bonds is 14. The van der Waals surface area contributed by atoms with Crippen molar-refractivity contribution in [2.24, 2.45) is 17.6 Å². The molecule has 0 rings (SSSR count). The minimum Gasteiger partial charge on any atom is -0.325 e. The van der Waals surface area contributed by atoms with Crippen molar-refractivity contribution in [1.82, 2.24) is 0 Å². The van der Waals surface area contributed by atoms with Crippen LogP contribution < -0.4 is 5.73 Å². The van der Waals surface area contributed by atoms with Crippen LogP contribution in [0.4, 0.5) is 0 Å². The Hall–Kier alpha value is -0.150. The molecule has 2 atom stereocenters. The molecule has 0 aromatic carbocycles. The Kier molecular flexibility index (Phi) is 15.5. The quantitative estimate of drug-likeness (QED) is 0.282. The summed E-state index contributed by atoms with van der Waals surface area (Å²) in [6, 6.07) is 0. The molecule has 0 spiro atoms. The van der Waals surface area contributed by atoms with E-state index in [1.165, 1.54) is 57.4 Å². The van der Waals surface area contributed by atoms with E-state index in [4.69, 9.17) is 5.73 Å². The Morgan fingerprint density at radius 3 is 1.91 bits per heavy atom. The largest absolute Gasteiger partial charge is 0.325 e. The Balaban J connectivity index is 0. The first kappa shape index (κ1) is 25.1. The van der Waals surface area contributed by atoms with Crippen LogP contribution in [0.3, 0.4) is 0 Å². The highest BCUT2D eigenvalue weighted by molar-refractivity contribution is 8.93. The maximum absolute atomic E-state index is 12.1. The summed E-state index contributed by atoms with van der Waals surface area (Å²) in [6.07, 6.45) is 13.9. The molecular formula is C20H40BrNO. The van der Waals surface area contributed by atoms with Gasteiger partial charge in [-0.2, -0.15) is 0 Å². The third kappa shape index (κ3) is 11.1. The second kappa shape index (κ2) is 14.2. The van der Waals surface area contributed by atoms with Crippen molar-refractivity contribution in [3.05, 3.63) is 12.7 Å². The first-order valence-corrected chi connectivity index (χ1v) is 9.33. The van der Waals surface area contributed by atoms with E-state index in [9.17, 15) is 4.79 Å². The highest BCUT2D eigenvalue weighted by Gasteiger charge is 2.34. The van der Waals surface area contributed by atoms with E-state index in [0.29, 0.717) is 0 Å². The molecule has 138 valence electrons. The first-order valence-electron chi connectivity index (χ1n) is 9.33. The number of hydrogen-bond donors (Lipinski definition) is 1. The fraction of sp³-hybridized carbons (Fsp3) is 0.850. The third-order valence-corrected chi connectivity index (χ3v) is 4.82. The maximum atomic E-state index is 12.1. The Morgan fingerprint density at radius 1 is 1.04 bits per heavy atom. The number of hydrogen-bond acceptors (Lipinski definition) is 2. The van der Waals surface area contributed by atoms with Gasteiger partial charge in [0, 0.05) is 11.5 Å². The van der Waals surface area contributed by atoms with E-state index in [2.05, 4.69) is 34.3 Å². The number of halogens is 1. The fourth-order valence-electron chi connectivity index (χ4n) is 3.43. The van der Waals surface area contributed by atoms with Crippen molar-refractivity contribution in [3.8, 4) is 0 Å². The maximum Gasteiger partial charge on any atom is 0.158 e. The predicted octanol–water partition coefficient (Wildman–Crippen LogP) is 6.23. The molecule has 0 aliphatic carbocycles. The summed E-state index contributed by atoms with van der Waals surface area (Å²) in [5.74, 6) is 0.440. The minimum atomic E-state index is -0.305. The molecule has 0 bridgehead atoms. The Morgan fingerprint density at radius 2 is 1.52 bits per heavy atom. The molecule has 0 heterocycles. The molecule has 2 N–H and O–H groups in total. The number of unbranched alkanes of at least 4 members (excludes halogenated alkanes) is 7. The van der Waals surface area contributed by atoms with Gasteiger partial charge in [-0.05, 0) is 38.7 Å². The molecule has 0 fully saturated rings. The van der Waals surface area contributed by atoms with Crippen molar-refractivity contribution in [2.75, 3.05) is 0 Å². The highest BCUT2D eigenvalue weighted by Crippen LogP contribution is 2.31. The minimum absolute atomic E-state index is 0. The molecule has 0 radical (unpaired) electrons. The van der Waals surface area contributed by atoms with E-state index >= 15 is 0 Å². The molecule has 0 aliphatic rings. The van der Waals surface area contributed by atoms with Crippen molar-refractivity contribution < 1.29 is 4.79 Å². The lowest BCUT2D eigenvalue weighted by Crippen LogP contribution is -2.46. The molecule has 0 aromatic heterocycles. The molecular weight excluding hydrogens is 350 g/mol. The fourth-order valence-corrected chi connectivity index (χ4v) is 3.43. The third-order valence-electron chi connectivity index (χ3n) is 4.82.